The van der Waals surface area contributed by atoms with E-state index in [1.54, 1.807) is 29.2 Å². The van der Waals surface area contributed by atoms with E-state index in [9.17, 15) is 20.2 Å². The maximum absolute atomic E-state index is 13.2. The molecule has 1 aromatic carbocycles. The molecule has 12 heteroatoms. The van der Waals surface area contributed by atoms with Crippen molar-refractivity contribution in [2.45, 2.75) is 0 Å². The Morgan fingerprint density at radius 2 is 1.89 bits per heavy atom. The van der Waals surface area contributed by atoms with Crippen LogP contribution in [0.4, 0.5) is 17.5 Å². The van der Waals surface area contributed by atoms with Crippen LogP contribution in [0.2, 0.25) is 0 Å². The highest BCUT2D eigenvalue weighted by atomic mass is 16.6. The monoisotopic (exact) mass is 474 g/mol. The Bertz CT molecular complexity index is 1250. The Hall–Kier alpha value is -4.63. The third-order valence-electron chi connectivity index (χ3n) is 5.29. The van der Waals surface area contributed by atoms with E-state index in [1.807, 2.05) is 0 Å². The number of nitrogens with one attached hydrogen (secondary N) is 2. The Labute approximate surface area is 200 Å². The van der Waals surface area contributed by atoms with Crippen LogP contribution in [0.1, 0.15) is 15.9 Å². The minimum absolute atomic E-state index is 0.0843. The van der Waals surface area contributed by atoms with Gasteiger partial charge < -0.3 is 20.3 Å². The highest BCUT2D eigenvalue weighted by molar-refractivity contribution is 6.00. The normalized spacial score (nSPS) is 13.1. The molecular weight excluding hydrogens is 452 g/mol. The number of amides is 1. The minimum atomic E-state index is -0.509. The van der Waals surface area contributed by atoms with Gasteiger partial charge in [0, 0.05) is 44.0 Å². The first kappa shape index (κ1) is 23.5. The van der Waals surface area contributed by atoms with Crippen molar-refractivity contribution in [3.63, 3.8) is 0 Å². The van der Waals surface area contributed by atoms with E-state index in [2.05, 4.69) is 31.7 Å². The van der Waals surface area contributed by atoms with Crippen molar-refractivity contribution in [3.8, 4) is 17.3 Å². The number of benzene rings is 1. The number of pyridine rings is 1. The lowest BCUT2D eigenvalue weighted by molar-refractivity contribution is -0.385. The first-order valence-corrected chi connectivity index (χ1v) is 10.9. The molecule has 178 valence electrons. The van der Waals surface area contributed by atoms with Gasteiger partial charge in [0.25, 0.3) is 11.6 Å². The highest BCUT2D eigenvalue weighted by Gasteiger charge is 2.24. The molecule has 35 heavy (non-hydrogen) atoms. The molecule has 1 saturated heterocycles. The molecule has 0 bridgehead atoms. The zero-order chi connectivity index (χ0) is 24.6. The SMILES string of the molecule is N#Cc1ccccc1-c1nc(NCCNc2ccc([N+](=O)[O-])cn2)ncc1C(=O)N1CCOCC1. The summed E-state index contributed by atoms with van der Waals surface area (Å²) in [6.07, 6.45) is 2.66. The number of carbonyl (C=O) groups excluding carboxylic acids is 1. The van der Waals surface area contributed by atoms with Gasteiger partial charge in [-0.05, 0) is 12.1 Å². The summed E-state index contributed by atoms with van der Waals surface area (Å²) in [4.78, 5) is 38.0. The van der Waals surface area contributed by atoms with E-state index < -0.39 is 4.92 Å². The standard InChI is InChI=1S/C23H22N8O4/c24-13-16-3-1-2-4-18(16)21-19(22(32)30-9-11-35-12-10-30)15-28-23(29-21)26-8-7-25-20-6-5-17(14-27-20)31(33)34/h1-6,14-15H,7-12H2,(H,25,27)(H,26,28,29). The maximum atomic E-state index is 13.2. The lowest BCUT2D eigenvalue weighted by Gasteiger charge is -2.27. The van der Waals surface area contributed by atoms with Gasteiger partial charge in [0.05, 0.1) is 41.0 Å². The molecule has 0 atom stereocenters. The number of nitro groups is 1. The van der Waals surface area contributed by atoms with E-state index in [0.29, 0.717) is 73.5 Å². The third-order valence-corrected chi connectivity index (χ3v) is 5.29. The quantitative estimate of drug-likeness (QED) is 0.282. The van der Waals surface area contributed by atoms with Crippen LogP contribution in [-0.2, 0) is 4.74 Å². The molecule has 0 aliphatic carbocycles. The maximum Gasteiger partial charge on any atom is 0.287 e. The van der Waals surface area contributed by atoms with Gasteiger partial charge in [0.15, 0.2) is 0 Å². The number of ether oxygens (including phenoxy) is 1. The summed E-state index contributed by atoms with van der Waals surface area (Å²) in [6.45, 7) is 2.72. The van der Waals surface area contributed by atoms with E-state index in [-0.39, 0.29) is 11.6 Å². The van der Waals surface area contributed by atoms with Gasteiger partial charge in [-0.1, -0.05) is 18.2 Å². The molecule has 12 nitrogen and oxygen atoms in total. The lowest BCUT2D eigenvalue weighted by atomic mass is 10.0. The van der Waals surface area contributed by atoms with Crippen LogP contribution in [0.3, 0.4) is 0 Å². The summed E-state index contributed by atoms with van der Waals surface area (Å²) in [5, 5.41) is 26.5. The van der Waals surface area contributed by atoms with Crippen LogP contribution in [0.15, 0.2) is 48.8 Å². The summed E-state index contributed by atoms with van der Waals surface area (Å²) in [5.41, 5.74) is 1.55. The van der Waals surface area contributed by atoms with Crippen molar-refractivity contribution in [2.75, 3.05) is 50.0 Å². The van der Waals surface area contributed by atoms with Crippen molar-refractivity contribution in [1.29, 1.82) is 5.26 Å². The van der Waals surface area contributed by atoms with Crippen LogP contribution in [0, 0.1) is 21.4 Å². The Kier molecular flexibility index (Phi) is 7.39. The van der Waals surface area contributed by atoms with Crippen LogP contribution < -0.4 is 10.6 Å². The van der Waals surface area contributed by atoms with Crippen molar-refractivity contribution >= 4 is 23.4 Å². The number of hydrogen-bond donors (Lipinski definition) is 2. The molecule has 2 N–H and O–H groups in total. The third kappa shape index (κ3) is 5.66. The number of carbonyl (C=O) groups is 1. The summed E-state index contributed by atoms with van der Waals surface area (Å²) in [5.74, 6) is 0.576. The van der Waals surface area contributed by atoms with E-state index in [0.717, 1.165) is 0 Å². The Morgan fingerprint density at radius 3 is 2.60 bits per heavy atom. The molecule has 2 aromatic heterocycles. The lowest BCUT2D eigenvalue weighted by Crippen LogP contribution is -2.41. The average Bonchev–Trinajstić information content (AvgIpc) is 2.91. The van der Waals surface area contributed by atoms with E-state index in [1.165, 1.54) is 24.5 Å². The number of morpholine rings is 1. The largest absolute Gasteiger partial charge is 0.378 e. The molecule has 0 radical (unpaired) electrons. The van der Waals surface area contributed by atoms with Gasteiger partial charge in [-0.25, -0.2) is 15.0 Å². The first-order chi connectivity index (χ1) is 17.1. The molecule has 0 unspecified atom stereocenters. The zero-order valence-electron chi connectivity index (χ0n) is 18.7. The number of nitriles is 1. The minimum Gasteiger partial charge on any atom is -0.378 e. The fraction of sp³-hybridized carbons (Fsp3) is 0.261. The predicted molar refractivity (Wildman–Crippen MR) is 127 cm³/mol. The molecule has 1 aliphatic rings. The van der Waals surface area contributed by atoms with Gasteiger partial charge >= 0.3 is 0 Å². The molecule has 4 rings (SSSR count). The molecule has 3 heterocycles. The number of rotatable bonds is 8. The second-order valence-corrected chi connectivity index (χ2v) is 7.53. The van der Waals surface area contributed by atoms with Gasteiger partial charge in [0.2, 0.25) is 5.95 Å². The van der Waals surface area contributed by atoms with Gasteiger partial charge in [-0.2, -0.15) is 5.26 Å². The van der Waals surface area contributed by atoms with Crippen molar-refractivity contribution in [2.24, 2.45) is 0 Å². The van der Waals surface area contributed by atoms with Crippen LogP contribution in [0.5, 0.6) is 0 Å². The van der Waals surface area contributed by atoms with Crippen LogP contribution in [-0.4, -0.2) is 70.1 Å². The zero-order valence-corrected chi connectivity index (χ0v) is 18.7. The molecule has 0 saturated carbocycles. The summed E-state index contributed by atoms with van der Waals surface area (Å²) < 4.78 is 5.34. The number of hydrogen-bond acceptors (Lipinski definition) is 10. The second-order valence-electron chi connectivity index (χ2n) is 7.53. The van der Waals surface area contributed by atoms with Gasteiger partial charge in [0.1, 0.15) is 12.0 Å². The predicted octanol–water partition coefficient (Wildman–Crippen LogP) is 2.31. The molecule has 1 fully saturated rings. The van der Waals surface area contributed by atoms with Crippen molar-refractivity contribution in [3.05, 3.63) is 70.0 Å². The Morgan fingerprint density at radius 1 is 1.11 bits per heavy atom. The number of aromatic nitrogens is 3. The number of nitrogens with zero attached hydrogens (tertiary/aromatic N) is 6. The fourth-order valence-corrected chi connectivity index (χ4v) is 3.52. The highest BCUT2D eigenvalue weighted by Crippen LogP contribution is 2.27. The van der Waals surface area contributed by atoms with Crippen LogP contribution >= 0.6 is 0 Å². The molecule has 1 amide bonds. The fourth-order valence-electron chi connectivity index (χ4n) is 3.52. The Balaban J connectivity index is 1.50. The second kappa shape index (κ2) is 11.0. The van der Waals surface area contributed by atoms with Crippen molar-refractivity contribution < 1.29 is 14.5 Å². The van der Waals surface area contributed by atoms with Gasteiger partial charge in [-0.15, -0.1) is 0 Å². The number of anilines is 2. The van der Waals surface area contributed by atoms with Crippen LogP contribution in [0.25, 0.3) is 11.3 Å². The smallest absolute Gasteiger partial charge is 0.287 e. The summed E-state index contributed by atoms with van der Waals surface area (Å²) in [7, 11) is 0. The summed E-state index contributed by atoms with van der Waals surface area (Å²) >= 11 is 0. The molecule has 3 aromatic rings. The van der Waals surface area contributed by atoms with E-state index >= 15 is 0 Å². The van der Waals surface area contributed by atoms with E-state index in [4.69, 9.17) is 4.74 Å². The van der Waals surface area contributed by atoms with Crippen molar-refractivity contribution in [1.82, 2.24) is 19.9 Å². The molecule has 1 aliphatic heterocycles. The van der Waals surface area contributed by atoms with Gasteiger partial charge in [-0.3, -0.25) is 14.9 Å². The molecular formula is C23H22N8O4. The summed E-state index contributed by atoms with van der Waals surface area (Å²) in [6, 6.07) is 12.0. The first-order valence-electron chi connectivity index (χ1n) is 10.9. The topological polar surface area (TPSA) is 159 Å². The average molecular weight is 474 g/mol. The molecule has 0 spiro atoms.